The van der Waals surface area contributed by atoms with Gasteiger partial charge in [-0.05, 0) is 13.0 Å². The molecule has 0 amide bonds. The molecule has 0 bridgehead atoms. The summed E-state index contributed by atoms with van der Waals surface area (Å²) in [5, 5.41) is 11.2. The Morgan fingerprint density at radius 3 is 2.94 bits per heavy atom. The second-order valence-electron chi connectivity index (χ2n) is 3.89. The number of hydrogen-bond acceptors (Lipinski definition) is 5. The van der Waals surface area contributed by atoms with Crippen molar-refractivity contribution in [1.29, 1.82) is 0 Å². The third-order valence-corrected chi connectivity index (χ3v) is 2.65. The molecule has 2 heterocycles. The van der Waals surface area contributed by atoms with Gasteiger partial charge in [-0.15, -0.1) is 10.2 Å². The number of nitrogens with zero attached hydrogens (tertiary/aromatic N) is 2. The molecule has 0 aliphatic rings. The highest BCUT2D eigenvalue weighted by atomic mass is 16.4. The third-order valence-electron chi connectivity index (χ3n) is 2.65. The monoisotopic (exact) mass is 248 g/mol. The van der Waals surface area contributed by atoms with Crippen molar-refractivity contribution >= 4 is 0 Å². The minimum Gasteiger partial charge on any atom is -0.419 e. The van der Waals surface area contributed by atoms with Gasteiger partial charge in [0.15, 0.2) is 5.43 Å². The zero-order valence-electron chi connectivity index (χ0n) is 10.4. The first kappa shape index (κ1) is 12.5. The lowest BCUT2D eigenvalue weighted by atomic mass is 10.2. The molecule has 18 heavy (non-hydrogen) atoms. The molecular weight excluding hydrogens is 232 g/mol. The summed E-state index contributed by atoms with van der Waals surface area (Å²) in [7, 11) is 0. The fourth-order valence-corrected chi connectivity index (χ4v) is 1.72. The van der Waals surface area contributed by atoms with Gasteiger partial charge in [0.1, 0.15) is 5.56 Å². The molecule has 6 heteroatoms. The molecule has 0 aromatic carbocycles. The molecule has 0 spiro atoms. The maximum atomic E-state index is 11.6. The fourth-order valence-electron chi connectivity index (χ4n) is 1.72. The minimum absolute atomic E-state index is 0.0269. The van der Waals surface area contributed by atoms with Gasteiger partial charge >= 0.3 is 0 Å². The largest absolute Gasteiger partial charge is 0.419 e. The van der Waals surface area contributed by atoms with Crippen LogP contribution in [0.3, 0.4) is 0 Å². The first-order chi connectivity index (χ1) is 8.76. The Balaban J connectivity index is 2.30. The summed E-state index contributed by atoms with van der Waals surface area (Å²) in [4.78, 5) is 14.5. The Kier molecular flexibility index (Phi) is 3.88. The van der Waals surface area contributed by atoms with E-state index in [1.165, 1.54) is 6.07 Å². The van der Waals surface area contributed by atoms with Crippen LogP contribution in [0.1, 0.15) is 32.2 Å². The Bertz CT molecular complexity index is 561. The average Bonchev–Trinajstić information content (AvgIpc) is 2.85. The molecule has 0 aliphatic carbocycles. The summed E-state index contributed by atoms with van der Waals surface area (Å²) >= 11 is 0. The van der Waals surface area contributed by atoms with Crippen LogP contribution >= 0.6 is 0 Å². The fraction of sp³-hybridized carbons (Fsp3) is 0.417. The highest BCUT2D eigenvalue weighted by Crippen LogP contribution is 2.19. The van der Waals surface area contributed by atoms with Crippen molar-refractivity contribution in [3.05, 3.63) is 34.6 Å². The van der Waals surface area contributed by atoms with E-state index in [0.29, 0.717) is 11.5 Å². The van der Waals surface area contributed by atoms with Crippen LogP contribution in [0, 0.1) is 0 Å². The molecule has 0 saturated heterocycles. The number of aromatic amines is 1. The van der Waals surface area contributed by atoms with Gasteiger partial charge in [-0.3, -0.25) is 4.79 Å². The second kappa shape index (κ2) is 5.59. The molecule has 2 N–H and O–H groups in total. The van der Waals surface area contributed by atoms with Crippen LogP contribution < -0.4 is 10.7 Å². The number of hydrogen-bond donors (Lipinski definition) is 2. The van der Waals surface area contributed by atoms with Crippen molar-refractivity contribution in [1.82, 2.24) is 20.5 Å². The van der Waals surface area contributed by atoms with Gasteiger partial charge in [0, 0.05) is 18.5 Å². The van der Waals surface area contributed by atoms with Gasteiger partial charge in [-0.1, -0.05) is 13.8 Å². The van der Waals surface area contributed by atoms with E-state index >= 15 is 0 Å². The van der Waals surface area contributed by atoms with Crippen LogP contribution in [0.4, 0.5) is 0 Å². The number of aromatic nitrogens is 3. The van der Waals surface area contributed by atoms with E-state index in [4.69, 9.17) is 4.42 Å². The average molecular weight is 248 g/mol. The van der Waals surface area contributed by atoms with Crippen LogP contribution in [-0.4, -0.2) is 21.7 Å². The van der Waals surface area contributed by atoms with Crippen molar-refractivity contribution in [3.63, 3.8) is 0 Å². The van der Waals surface area contributed by atoms with Gasteiger partial charge in [-0.25, -0.2) is 0 Å². The second-order valence-corrected chi connectivity index (χ2v) is 3.89. The van der Waals surface area contributed by atoms with Crippen LogP contribution in [0.5, 0.6) is 0 Å². The van der Waals surface area contributed by atoms with Crippen LogP contribution in [0.25, 0.3) is 11.5 Å². The Labute approximate surface area is 104 Å². The quantitative estimate of drug-likeness (QED) is 0.837. The van der Waals surface area contributed by atoms with Crippen LogP contribution in [0.15, 0.2) is 27.7 Å². The number of H-pyrrole nitrogens is 1. The SMILES string of the molecule is CCNC(CC)c1nnc(-c2c[nH]ccc2=O)o1. The van der Waals surface area contributed by atoms with Crippen molar-refractivity contribution in [2.45, 2.75) is 26.3 Å². The normalized spacial score (nSPS) is 12.6. The molecule has 2 aromatic rings. The van der Waals surface area contributed by atoms with Crippen LogP contribution in [0.2, 0.25) is 0 Å². The zero-order chi connectivity index (χ0) is 13.0. The third kappa shape index (κ3) is 2.48. The van der Waals surface area contributed by atoms with E-state index in [1.807, 2.05) is 13.8 Å². The lowest BCUT2D eigenvalue weighted by Crippen LogP contribution is -2.20. The summed E-state index contributed by atoms with van der Waals surface area (Å²) in [6, 6.07) is 1.46. The Hall–Kier alpha value is -1.95. The summed E-state index contributed by atoms with van der Waals surface area (Å²) in [6.07, 6.45) is 3.98. The first-order valence-corrected chi connectivity index (χ1v) is 6.00. The highest BCUT2D eigenvalue weighted by molar-refractivity contribution is 5.49. The molecule has 0 fully saturated rings. The minimum atomic E-state index is -0.138. The smallest absolute Gasteiger partial charge is 0.253 e. The zero-order valence-corrected chi connectivity index (χ0v) is 10.4. The molecule has 1 atom stereocenters. The molecule has 0 saturated carbocycles. The van der Waals surface area contributed by atoms with Crippen molar-refractivity contribution in [2.75, 3.05) is 6.54 Å². The summed E-state index contributed by atoms with van der Waals surface area (Å²) in [5.74, 6) is 0.765. The van der Waals surface area contributed by atoms with E-state index in [1.54, 1.807) is 12.4 Å². The molecule has 96 valence electrons. The molecule has 0 radical (unpaired) electrons. The standard InChI is InChI=1S/C12H16N4O2/c1-3-9(14-4-2)12-16-15-11(18-12)8-7-13-6-5-10(8)17/h5-7,9,14H,3-4H2,1-2H3,(H,13,17). The van der Waals surface area contributed by atoms with E-state index in [0.717, 1.165) is 13.0 Å². The summed E-state index contributed by atoms with van der Waals surface area (Å²) < 4.78 is 5.55. The lowest BCUT2D eigenvalue weighted by molar-refractivity contribution is 0.402. The van der Waals surface area contributed by atoms with Crippen molar-refractivity contribution in [3.8, 4) is 11.5 Å². The van der Waals surface area contributed by atoms with Gasteiger partial charge in [0.25, 0.3) is 5.89 Å². The van der Waals surface area contributed by atoms with E-state index in [9.17, 15) is 4.79 Å². The molecule has 6 nitrogen and oxygen atoms in total. The van der Waals surface area contributed by atoms with Crippen LogP contribution in [-0.2, 0) is 0 Å². The van der Waals surface area contributed by atoms with E-state index in [2.05, 4.69) is 20.5 Å². The summed E-state index contributed by atoms with van der Waals surface area (Å²) in [5.41, 5.74) is 0.253. The predicted molar refractivity (Wildman–Crippen MR) is 67.1 cm³/mol. The topological polar surface area (TPSA) is 83.8 Å². The Morgan fingerprint density at radius 1 is 1.44 bits per heavy atom. The number of pyridine rings is 1. The van der Waals surface area contributed by atoms with Crippen molar-refractivity contribution in [2.24, 2.45) is 0 Å². The first-order valence-electron chi connectivity index (χ1n) is 6.00. The number of rotatable bonds is 5. The molecule has 2 aromatic heterocycles. The van der Waals surface area contributed by atoms with Gasteiger partial charge < -0.3 is 14.7 Å². The van der Waals surface area contributed by atoms with Crippen molar-refractivity contribution < 1.29 is 4.42 Å². The molecule has 1 unspecified atom stereocenters. The molecular formula is C12H16N4O2. The number of nitrogens with one attached hydrogen (secondary N) is 2. The van der Waals surface area contributed by atoms with Gasteiger partial charge in [0.05, 0.1) is 6.04 Å². The maximum absolute atomic E-state index is 11.6. The highest BCUT2D eigenvalue weighted by Gasteiger charge is 2.17. The van der Waals surface area contributed by atoms with E-state index < -0.39 is 0 Å². The molecule has 2 rings (SSSR count). The summed E-state index contributed by atoms with van der Waals surface area (Å²) in [6.45, 7) is 4.87. The Morgan fingerprint density at radius 2 is 2.28 bits per heavy atom. The maximum Gasteiger partial charge on any atom is 0.253 e. The van der Waals surface area contributed by atoms with Gasteiger partial charge in [-0.2, -0.15) is 0 Å². The predicted octanol–water partition coefficient (Wildman–Crippen LogP) is 1.49. The van der Waals surface area contributed by atoms with E-state index in [-0.39, 0.29) is 17.4 Å². The molecule has 0 aliphatic heterocycles. The lowest BCUT2D eigenvalue weighted by Gasteiger charge is -2.09. The van der Waals surface area contributed by atoms with Gasteiger partial charge in [0.2, 0.25) is 5.89 Å².